The average molecular weight is 297 g/mol. The number of hydrogen-bond donors (Lipinski definition) is 1. The number of benzene rings is 3. The normalized spacial score (nSPS) is 11.0. The number of aromatic amines is 1. The molecule has 1 heterocycles. The Morgan fingerprint density at radius 2 is 1.39 bits per heavy atom. The zero-order valence-electron chi connectivity index (χ0n) is 13.0. The smallest absolute Gasteiger partial charge is 0.0464 e. The number of hydrogen-bond acceptors (Lipinski definition) is 0. The topological polar surface area (TPSA) is 15.8 Å². The van der Waals surface area contributed by atoms with Crippen molar-refractivity contribution in [2.24, 2.45) is 0 Å². The Labute approximate surface area is 136 Å². The number of aromatic nitrogens is 1. The van der Waals surface area contributed by atoms with Crippen LogP contribution in [-0.4, -0.2) is 4.98 Å². The molecule has 1 heteroatoms. The fourth-order valence-corrected chi connectivity index (χ4v) is 3.13. The molecule has 0 bridgehead atoms. The summed E-state index contributed by atoms with van der Waals surface area (Å²) >= 11 is 0. The molecule has 0 aliphatic heterocycles. The molecule has 0 radical (unpaired) electrons. The number of aryl methyl sites for hydroxylation is 2. The molecule has 112 valence electrons. The van der Waals surface area contributed by atoms with E-state index in [-0.39, 0.29) is 0 Å². The first-order chi connectivity index (χ1) is 11.4. The second-order valence-corrected chi connectivity index (χ2v) is 5.91. The van der Waals surface area contributed by atoms with Gasteiger partial charge in [-0.05, 0) is 41.7 Å². The van der Waals surface area contributed by atoms with Crippen LogP contribution in [0.25, 0.3) is 22.2 Å². The van der Waals surface area contributed by atoms with Gasteiger partial charge in [-0.25, -0.2) is 0 Å². The Morgan fingerprint density at radius 3 is 2.17 bits per heavy atom. The zero-order chi connectivity index (χ0) is 15.5. The lowest BCUT2D eigenvalue weighted by Crippen LogP contribution is -1.91. The fourth-order valence-electron chi connectivity index (χ4n) is 3.13. The first-order valence-corrected chi connectivity index (χ1v) is 8.10. The first kappa shape index (κ1) is 13.8. The van der Waals surface area contributed by atoms with Crippen LogP contribution in [0, 0.1) is 0 Å². The third-order valence-corrected chi connectivity index (χ3v) is 4.37. The molecule has 4 aromatic rings. The minimum Gasteiger partial charge on any atom is -0.355 e. The van der Waals surface area contributed by atoms with Gasteiger partial charge in [-0.3, -0.25) is 0 Å². The van der Waals surface area contributed by atoms with E-state index in [9.17, 15) is 0 Å². The highest BCUT2D eigenvalue weighted by molar-refractivity contribution is 5.88. The van der Waals surface area contributed by atoms with Crippen LogP contribution < -0.4 is 0 Å². The van der Waals surface area contributed by atoms with Gasteiger partial charge in [0.15, 0.2) is 0 Å². The van der Waals surface area contributed by atoms with Gasteiger partial charge >= 0.3 is 0 Å². The van der Waals surface area contributed by atoms with Crippen molar-refractivity contribution in [1.82, 2.24) is 4.98 Å². The highest BCUT2D eigenvalue weighted by Crippen LogP contribution is 2.27. The second-order valence-electron chi connectivity index (χ2n) is 5.91. The second kappa shape index (κ2) is 6.13. The third kappa shape index (κ3) is 2.91. The van der Waals surface area contributed by atoms with Crippen LogP contribution in [0.15, 0.2) is 84.9 Å². The maximum absolute atomic E-state index is 3.55. The van der Waals surface area contributed by atoms with E-state index in [0.29, 0.717) is 0 Å². The summed E-state index contributed by atoms with van der Waals surface area (Å²) in [5.41, 5.74) is 6.44. The standard InChI is InChI=1S/C22H19N/c1-3-8-17(9-4-1)14-15-18-12-7-13-21-20(18)16-22(23-21)19-10-5-2-6-11-19/h1-13,16,23H,14-15H2. The van der Waals surface area contributed by atoms with Crippen LogP contribution in [-0.2, 0) is 12.8 Å². The van der Waals surface area contributed by atoms with Gasteiger partial charge in [0.2, 0.25) is 0 Å². The van der Waals surface area contributed by atoms with Crippen LogP contribution in [0.5, 0.6) is 0 Å². The first-order valence-electron chi connectivity index (χ1n) is 8.10. The molecule has 1 N–H and O–H groups in total. The van der Waals surface area contributed by atoms with Crippen molar-refractivity contribution < 1.29 is 0 Å². The Hall–Kier alpha value is -2.80. The van der Waals surface area contributed by atoms with Crippen molar-refractivity contribution in [2.75, 3.05) is 0 Å². The molecule has 0 unspecified atom stereocenters. The van der Waals surface area contributed by atoms with E-state index in [2.05, 4.69) is 89.9 Å². The monoisotopic (exact) mass is 297 g/mol. The quantitative estimate of drug-likeness (QED) is 0.503. The van der Waals surface area contributed by atoms with Gasteiger partial charge in [-0.15, -0.1) is 0 Å². The van der Waals surface area contributed by atoms with E-state index in [1.54, 1.807) is 0 Å². The predicted octanol–water partition coefficient (Wildman–Crippen LogP) is 5.62. The Kier molecular flexibility index (Phi) is 3.69. The molecular formula is C22H19N. The average Bonchev–Trinajstić information content (AvgIpc) is 3.06. The van der Waals surface area contributed by atoms with E-state index in [0.717, 1.165) is 12.8 Å². The number of fused-ring (bicyclic) bond motifs is 1. The van der Waals surface area contributed by atoms with Crippen molar-refractivity contribution in [1.29, 1.82) is 0 Å². The highest BCUT2D eigenvalue weighted by atomic mass is 14.7. The summed E-state index contributed by atoms with van der Waals surface area (Å²) < 4.78 is 0. The van der Waals surface area contributed by atoms with E-state index in [1.165, 1.54) is 33.3 Å². The van der Waals surface area contributed by atoms with Crippen LogP contribution in [0.4, 0.5) is 0 Å². The maximum Gasteiger partial charge on any atom is 0.0464 e. The molecule has 0 atom stereocenters. The Morgan fingerprint density at radius 1 is 0.652 bits per heavy atom. The molecule has 0 aliphatic carbocycles. The lowest BCUT2D eigenvalue weighted by atomic mass is 10.0. The molecular weight excluding hydrogens is 278 g/mol. The molecule has 0 saturated heterocycles. The summed E-state index contributed by atoms with van der Waals surface area (Å²) in [7, 11) is 0. The molecule has 0 amide bonds. The molecule has 3 aromatic carbocycles. The zero-order valence-corrected chi connectivity index (χ0v) is 13.0. The molecule has 4 rings (SSSR count). The summed E-state index contributed by atoms with van der Waals surface area (Å²) in [4.78, 5) is 3.55. The van der Waals surface area contributed by atoms with E-state index in [4.69, 9.17) is 0 Å². The van der Waals surface area contributed by atoms with Gasteiger partial charge in [-0.2, -0.15) is 0 Å². The van der Waals surface area contributed by atoms with Crippen LogP contribution in [0.1, 0.15) is 11.1 Å². The largest absolute Gasteiger partial charge is 0.355 e. The minimum atomic E-state index is 1.06. The van der Waals surface area contributed by atoms with Gasteiger partial charge < -0.3 is 4.98 Å². The van der Waals surface area contributed by atoms with Crippen molar-refractivity contribution in [3.05, 3.63) is 96.1 Å². The Balaban J connectivity index is 1.66. The summed E-state index contributed by atoms with van der Waals surface area (Å²) in [6, 6.07) is 30.0. The fraction of sp³-hybridized carbons (Fsp3) is 0.0909. The highest BCUT2D eigenvalue weighted by Gasteiger charge is 2.07. The minimum absolute atomic E-state index is 1.06. The Bertz CT molecular complexity index is 905. The summed E-state index contributed by atoms with van der Waals surface area (Å²) in [6.07, 6.45) is 2.14. The van der Waals surface area contributed by atoms with Crippen LogP contribution >= 0.6 is 0 Å². The van der Waals surface area contributed by atoms with Gasteiger partial charge in [0.05, 0.1) is 0 Å². The number of H-pyrrole nitrogens is 1. The maximum atomic E-state index is 3.55. The van der Waals surface area contributed by atoms with Crippen molar-refractivity contribution in [3.8, 4) is 11.3 Å². The van der Waals surface area contributed by atoms with Gasteiger partial charge in [0, 0.05) is 16.6 Å². The van der Waals surface area contributed by atoms with Crippen LogP contribution in [0.3, 0.4) is 0 Å². The molecule has 1 nitrogen and oxygen atoms in total. The van der Waals surface area contributed by atoms with Crippen molar-refractivity contribution >= 4 is 10.9 Å². The molecule has 0 fully saturated rings. The van der Waals surface area contributed by atoms with Gasteiger partial charge in [0.1, 0.15) is 0 Å². The van der Waals surface area contributed by atoms with E-state index < -0.39 is 0 Å². The summed E-state index contributed by atoms with van der Waals surface area (Å²) in [5, 5.41) is 1.34. The molecule has 0 spiro atoms. The predicted molar refractivity (Wildman–Crippen MR) is 97.6 cm³/mol. The van der Waals surface area contributed by atoms with E-state index in [1.807, 2.05) is 0 Å². The van der Waals surface area contributed by atoms with E-state index >= 15 is 0 Å². The molecule has 1 aromatic heterocycles. The molecule has 0 saturated carbocycles. The number of rotatable bonds is 4. The summed E-state index contributed by atoms with van der Waals surface area (Å²) in [6.45, 7) is 0. The van der Waals surface area contributed by atoms with Gasteiger partial charge in [-0.1, -0.05) is 72.8 Å². The lowest BCUT2D eigenvalue weighted by Gasteiger charge is -2.03. The molecule has 0 aliphatic rings. The summed E-state index contributed by atoms with van der Waals surface area (Å²) in [5.74, 6) is 0. The number of nitrogens with one attached hydrogen (secondary N) is 1. The van der Waals surface area contributed by atoms with Crippen molar-refractivity contribution in [3.63, 3.8) is 0 Å². The molecule has 23 heavy (non-hydrogen) atoms. The van der Waals surface area contributed by atoms with Crippen molar-refractivity contribution in [2.45, 2.75) is 12.8 Å². The third-order valence-electron chi connectivity index (χ3n) is 4.37. The lowest BCUT2D eigenvalue weighted by molar-refractivity contribution is 0.969. The van der Waals surface area contributed by atoms with Crippen LogP contribution in [0.2, 0.25) is 0 Å². The van der Waals surface area contributed by atoms with Gasteiger partial charge in [0.25, 0.3) is 0 Å². The SMILES string of the molecule is c1ccc(CCc2cccc3[nH]c(-c4ccccc4)cc23)cc1.